The Morgan fingerprint density at radius 2 is 2.07 bits per heavy atom. The van der Waals surface area contributed by atoms with Crippen LogP contribution in [0.2, 0.25) is 0 Å². The molecule has 0 unspecified atom stereocenters. The molecule has 27 heavy (non-hydrogen) atoms. The van der Waals surface area contributed by atoms with Gasteiger partial charge < -0.3 is 19.4 Å². The van der Waals surface area contributed by atoms with Crippen molar-refractivity contribution in [2.45, 2.75) is 13.5 Å². The number of amides is 2. The van der Waals surface area contributed by atoms with E-state index in [0.717, 1.165) is 5.52 Å². The first-order chi connectivity index (χ1) is 13.1. The second-order valence-electron chi connectivity index (χ2n) is 5.59. The van der Waals surface area contributed by atoms with Crippen molar-refractivity contribution in [3.63, 3.8) is 0 Å². The SMILES string of the molecule is CCn1c(O)c(N=NC(=O)CNC(=O)/C=C/c2ccco2)c2ccccc21. The monoisotopic (exact) mass is 366 g/mol. The summed E-state index contributed by atoms with van der Waals surface area (Å²) in [5.74, 6) is -0.623. The first kappa shape index (κ1) is 18.1. The molecular weight excluding hydrogens is 348 g/mol. The zero-order valence-electron chi connectivity index (χ0n) is 14.6. The van der Waals surface area contributed by atoms with E-state index in [1.165, 1.54) is 18.4 Å². The molecule has 0 spiro atoms. The molecule has 0 aliphatic heterocycles. The fourth-order valence-corrected chi connectivity index (χ4v) is 2.60. The van der Waals surface area contributed by atoms with Crippen LogP contribution in [0.3, 0.4) is 0 Å². The highest BCUT2D eigenvalue weighted by molar-refractivity contribution is 5.96. The van der Waals surface area contributed by atoms with Gasteiger partial charge in [-0.3, -0.25) is 9.59 Å². The molecule has 0 aliphatic carbocycles. The predicted molar refractivity (Wildman–Crippen MR) is 99.6 cm³/mol. The van der Waals surface area contributed by atoms with E-state index in [-0.39, 0.29) is 18.1 Å². The molecule has 0 fully saturated rings. The average Bonchev–Trinajstić information content (AvgIpc) is 3.28. The Morgan fingerprint density at radius 1 is 1.26 bits per heavy atom. The lowest BCUT2D eigenvalue weighted by Crippen LogP contribution is -2.26. The smallest absolute Gasteiger partial charge is 0.283 e. The van der Waals surface area contributed by atoms with E-state index in [1.807, 2.05) is 25.1 Å². The number of hydrogen-bond acceptors (Lipinski definition) is 5. The van der Waals surface area contributed by atoms with Gasteiger partial charge in [-0.25, -0.2) is 0 Å². The number of carbonyl (C=O) groups excluding carboxylic acids is 2. The molecule has 2 aromatic heterocycles. The second-order valence-corrected chi connectivity index (χ2v) is 5.59. The van der Waals surface area contributed by atoms with E-state index in [9.17, 15) is 14.7 Å². The molecule has 3 aromatic rings. The molecule has 2 N–H and O–H groups in total. The first-order valence-electron chi connectivity index (χ1n) is 8.34. The van der Waals surface area contributed by atoms with Crippen LogP contribution in [0.4, 0.5) is 5.69 Å². The van der Waals surface area contributed by atoms with Crippen molar-refractivity contribution >= 4 is 34.5 Å². The molecule has 0 radical (unpaired) electrons. The minimum absolute atomic E-state index is 0.0549. The largest absolute Gasteiger partial charge is 0.493 e. The Kier molecular flexibility index (Phi) is 5.46. The number of fused-ring (bicyclic) bond motifs is 1. The zero-order chi connectivity index (χ0) is 19.2. The number of para-hydroxylation sites is 1. The van der Waals surface area contributed by atoms with Crippen molar-refractivity contribution in [1.82, 2.24) is 9.88 Å². The molecule has 3 rings (SSSR count). The van der Waals surface area contributed by atoms with Crippen molar-refractivity contribution in [3.05, 3.63) is 54.5 Å². The number of nitrogens with zero attached hydrogens (tertiary/aromatic N) is 3. The Balaban J connectivity index is 1.64. The summed E-state index contributed by atoms with van der Waals surface area (Å²) in [6.07, 6.45) is 4.23. The van der Waals surface area contributed by atoms with Crippen LogP contribution in [-0.4, -0.2) is 28.0 Å². The van der Waals surface area contributed by atoms with Gasteiger partial charge in [-0.15, -0.1) is 10.2 Å². The third-order valence-electron chi connectivity index (χ3n) is 3.85. The van der Waals surface area contributed by atoms with E-state index in [4.69, 9.17) is 4.42 Å². The maximum Gasteiger partial charge on any atom is 0.283 e. The summed E-state index contributed by atoms with van der Waals surface area (Å²) in [5.41, 5.74) is 1.03. The van der Waals surface area contributed by atoms with Gasteiger partial charge in [-0.05, 0) is 31.2 Å². The molecule has 0 aliphatic rings. The predicted octanol–water partition coefficient (Wildman–Crippen LogP) is 3.40. The third kappa shape index (κ3) is 4.12. The van der Waals surface area contributed by atoms with E-state index in [0.29, 0.717) is 17.7 Å². The lowest BCUT2D eigenvalue weighted by molar-refractivity contribution is -0.122. The normalized spacial score (nSPS) is 11.6. The molecule has 138 valence electrons. The summed E-state index contributed by atoms with van der Waals surface area (Å²) < 4.78 is 6.74. The van der Waals surface area contributed by atoms with Crippen LogP contribution in [0.25, 0.3) is 17.0 Å². The van der Waals surface area contributed by atoms with Gasteiger partial charge >= 0.3 is 0 Å². The van der Waals surface area contributed by atoms with E-state index >= 15 is 0 Å². The molecule has 0 bridgehead atoms. The molecule has 8 heteroatoms. The standard InChI is InChI=1S/C19H18N4O4/c1-2-23-15-8-4-3-7-14(15)18(19(23)26)22-21-17(25)12-20-16(24)10-9-13-6-5-11-27-13/h3-11,26H,2,12H2,1H3,(H,20,24)/b10-9+,22-21?. The van der Waals surface area contributed by atoms with E-state index in [2.05, 4.69) is 15.5 Å². The molecule has 8 nitrogen and oxygen atoms in total. The molecule has 0 saturated carbocycles. The fraction of sp³-hybridized carbons (Fsp3) is 0.158. The summed E-state index contributed by atoms with van der Waals surface area (Å²) in [5, 5.41) is 20.9. The van der Waals surface area contributed by atoms with Crippen LogP contribution < -0.4 is 5.32 Å². The quantitative estimate of drug-likeness (QED) is 0.515. The van der Waals surface area contributed by atoms with Crippen molar-refractivity contribution in [2.75, 3.05) is 6.54 Å². The van der Waals surface area contributed by atoms with Crippen molar-refractivity contribution in [1.29, 1.82) is 0 Å². The summed E-state index contributed by atoms with van der Waals surface area (Å²) in [7, 11) is 0. The van der Waals surface area contributed by atoms with Crippen LogP contribution in [-0.2, 0) is 16.1 Å². The van der Waals surface area contributed by atoms with Gasteiger partial charge in [0.15, 0.2) is 5.69 Å². The van der Waals surface area contributed by atoms with Crippen LogP contribution >= 0.6 is 0 Å². The Hall–Kier alpha value is -3.68. The summed E-state index contributed by atoms with van der Waals surface area (Å²) in [4.78, 5) is 23.6. The number of aryl methyl sites for hydroxylation is 1. The number of carbonyl (C=O) groups is 2. The number of aromatic hydroxyl groups is 1. The number of rotatable bonds is 6. The molecule has 2 heterocycles. The van der Waals surface area contributed by atoms with Crippen LogP contribution in [0.1, 0.15) is 12.7 Å². The number of benzene rings is 1. The minimum Gasteiger partial charge on any atom is -0.493 e. The van der Waals surface area contributed by atoms with Gasteiger partial charge in [-0.1, -0.05) is 18.2 Å². The van der Waals surface area contributed by atoms with Gasteiger partial charge in [0.25, 0.3) is 5.91 Å². The third-order valence-corrected chi connectivity index (χ3v) is 3.85. The molecule has 0 atom stereocenters. The minimum atomic E-state index is -0.637. The maximum absolute atomic E-state index is 11.9. The van der Waals surface area contributed by atoms with E-state index in [1.54, 1.807) is 22.8 Å². The Morgan fingerprint density at radius 3 is 2.81 bits per heavy atom. The van der Waals surface area contributed by atoms with Crippen LogP contribution in [0.5, 0.6) is 5.88 Å². The maximum atomic E-state index is 11.9. The van der Waals surface area contributed by atoms with Crippen LogP contribution in [0.15, 0.2) is 63.4 Å². The first-order valence-corrected chi connectivity index (χ1v) is 8.34. The second kappa shape index (κ2) is 8.13. The highest BCUT2D eigenvalue weighted by atomic mass is 16.3. The lowest BCUT2D eigenvalue weighted by atomic mass is 10.2. The summed E-state index contributed by atoms with van der Waals surface area (Å²) >= 11 is 0. The van der Waals surface area contributed by atoms with E-state index < -0.39 is 11.8 Å². The van der Waals surface area contributed by atoms with Crippen molar-refractivity contribution in [2.24, 2.45) is 10.2 Å². The lowest BCUT2D eigenvalue weighted by Gasteiger charge is -2.00. The topological polar surface area (TPSA) is 109 Å². The molecule has 1 aromatic carbocycles. The number of hydrogen-bond donors (Lipinski definition) is 2. The van der Waals surface area contributed by atoms with Gasteiger partial charge in [0, 0.05) is 18.0 Å². The average molecular weight is 366 g/mol. The van der Waals surface area contributed by atoms with Crippen LogP contribution in [0, 0.1) is 0 Å². The zero-order valence-corrected chi connectivity index (χ0v) is 14.6. The summed E-state index contributed by atoms with van der Waals surface area (Å²) in [6, 6.07) is 10.7. The van der Waals surface area contributed by atoms with Gasteiger partial charge in [0.2, 0.25) is 11.8 Å². The van der Waals surface area contributed by atoms with Gasteiger partial charge in [0.05, 0.1) is 11.8 Å². The Bertz CT molecular complexity index is 1020. The molecule has 2 amide bonds. The summed E-state index contributed by atoms with van der Waals surface area (Å²) in [6.45, 7) is 2.13. The number of nitrogens with one attached hydrogen (secondary N) is 1. The van der Waals surface area contributed by atoms with Gasteiger partial charge in [-0.2, -0.15) is 0 Å². The highest BCUT2D eigenvalue weighted by Crippen LogP contribution is 2.38. The van der Waals surface area contributed by atoms with Crippen molar-refractivity contribution in [3.8, 4) is 5.88 Å². The Labute approximate surface area is 154 Å². The molecular formula is C19H18N4O4. The number of aromatic nitrogens is 1. The highest BCUT2D eigenvalue weighted by Gasteiger charge is 2.15. The fourth-order valence-electron chi connectivity index (χ4n) is 2.60. The number of azo groups is 1. The molecule has 0 saturated heterocycles. The number of furan rings is 1. The van der Waals surface area contributed by atoms with Crippen molar-refractivity contribution < 1.29 is 19.1 Å². The van der Waals surface area contributed by atoms with Gasteiger partial charge in [0.1, 0.15) is 12.3 Å².